The highest BCUT2D eigenvalue weighted by Crippen LogP contribution is 2.26. The summed E-state index contributed by atoms with van der Waals surface area (Å²) >= 11 is 0. The van der Waals surface area contributed by atoms with Crippen LogP contribution in [0.4, 0.5) is 5.69 Å². The van der Waals surface area contributed by atoms with Crippen molar-refractivity contribution in [3.05, 3.63) is 60.5 Å². The number of rotatable bonds is 7. The summed E-state index contributed by atoms with van der Waals surface area (Å²) in [7, 11) is 0. The predicted molar refractivity (Wildman–Crippen MR) is 99.0 cm³/mol. The lowest BCUT2D eigenvalue weighted by molar-refractivity contribution is -0.118. The molecule has 2 aromatic carbocycles. The van der Waals surface area contributed by atoms with Crippen LogP contribution in [0.3, 0.4) is 0 Å². The van der Waals surface area contributed by atoms with Crippen LogP contribution in [-0.4, -0.2) is 22.7 Å². The van der Waals surface area contributed by atoms with Gasteiger partial charge in [-0.3, -0.25) is 4.79 Å². The summed E-state index contributed by atoms with van der Waals surface area (Å²) in [5, 5.41) is 10.4. The average Bonchev–Trinajstić information content (AvgIpc) is 3.21. The minimum absolute atomic E-state index is 0.0608. The molecule has 3 rings (SSSR count). The van der Waals surface area contributed by atoms with Crippen molar-refractivity contribution < 1.29 is 13.9 Å². The fraction of sp³-hybridized carbons (Fsp3) is 0.250. The van der Waals surface area contributed by atoms with Crippen LogP contribution >= 0.6 is 0 Å². The molecule has 0 spiro atoms. The molecule has 0 aliphatic rings. The summed E-state index contributed by atoms with van der Waals surface area (Å²) in [6.07, 6.45) is 2.29. The number of benzene rings is 2. The van der Waals surface area contributed by atoms with Crippen molar-refractivity contribution in [3.63, 3.8) is 0 Å². The van der Waals surface area contributed by atoms with Gasteiger partial charge in [-0.05, 0) is 48.2 Å². The molecule has 0 aliphatic carbocycles. The van der Waals surface area contributed by atoms with Crippen molar-refractivity contribution in [3.8, 4) is 17.2 Å². The second-order valence-electron chi connectivity index (χ2n) is 6.00. The number of aromatic nitrogens is 2. The first-order valence-electron chi connectivity index (χ1n) is 8.55. The number of amides is 1. The van der Waals surface area contributed by atoms with Gasteiger partial charge in [-0.15, -0.1) is 10.2 Å². The molecule has 0 bridgehead atoms. The summed E-state index contributed by atoms with van der Waals surface area (Å²) in [6, 6.07) is 15.0. The summed E-state index contributed by atoms with van der Waals surface area (Å²) < 4.78 is 10.7. The lowest BCUT2D eigenvalue weighted by Crippen LogP contribution is -2.21. The van der Waals surface area contributed by atoms with Gasteiger partial charge in [0, 0.05) is 11.3 Å². The molecule has 1 heterocycles. The highest BCUT2D eigenvalue weighted by molar-refractivity contribution is 5.92. The van der Waals surface area contributed by atoms with Gasteiger partial charge in [0.05, 0.1) is 0 Å². The monoisotopic (exact) mass is 351 g/mol. The average molecular weight is 351 g/mol. The number of hydrogen-bond donors (Lipinski definition) is 1. The van der Waals surface area contributed by atoms with E-state index in [4.69, 9.17) is 9.15 Å². The summed E-state index contributed by atoms with van der Waals surface area (Å²) in [6.45, 7) is 4.21. The fourth-order valence-electron chi connectivity index (χ4n) is 2.59. The first-order chi connectivity index (χ1) is 12.7. The van der Waals surface area contributed by atoms with E-state index in [2.05, 4.69) is 29.4 Å². The van der Waals surface area contributed by atoms with E-state index in [-0.39, 0.29) is 12.5 Å². The van der Waals surface area contributed by atoms with Crippen molar-refractivity contribution in [2.75, 3.05) is 11.9 Å². The molecule has 6 nitrogen and oxygen atoms in total. The maximum atomic E-state index is 12.2. The maximum Gasteiger partial charge on any atom is 0.262 e. The van der Waals surface area contributed by atoms with Crippen molar-refractivity contribution in [2.24, 2.45) is 0 Å². The zero-order valence-corrected chi connectivity index (χ0v) is 14.8. The molecule has 3 aromatic rings. The largest absolute Gasteiger partial charge is 0.484 e. The molecule has 1 aromatic heterocycles. The molecule has 1 N–H and O–H groups in total. The van der Waals surface area contributed by atoms with Gasteiger partial charge in [-0.2, -0.15) is 0 Å². The van der Waals surface area contributed by atoms with Gasteiger partial charge in [0.1, 0.15) is 5.75 Å². The van der Waals surface area contributed by atoms with E-state index in [1.807, 2.05) is 24.3 Å². The summed E-state index contributed by atoms with van der Waals surface area (Å²) in [4.78, 5) is 12.2. The molecule has 1 unspecified atom stereocenters. The number of anilines is 1. The summed E-state index contributed by atoms with van der Waals surface area (Å²) in [5.41, 5.74) is 2.76. The molecule has 0 aliphatic heterocycles. The van der Waals surface area contributed by atoms with Crippen molar-refractivity contribution in [2.45, 2.75) is 26.2 Å². The van der Waals surface area contributed by atoms with Gasteiger partial charge in [-0.1, -0.05) is 32.0 Å². The van der Waals surface area contributed by atoms with Crippen LogP contribution in [0.15, 0.2) is 59.3 Å². The van der Waals surface area contributed by atoms with Crippen molar-refractivity contribution >= 4 is 11.6 Å². The number of carbonyl (C=O) groups is 1. The van der Waals surface area contributed by atoms with Gasteiger partial charge >= 0.3 is 0 Å². The lowest BCUT2D eigenvalue weighted by atomic mass is 9.97. The molecule has 0 saturated carbocycles. The Morgan fingerprint density at radius 1 is 1.19 bits per heavy atom. The van der Waals surface area contributed by atoms with Crippen molar-refractivity contribution in [1.29, 1.82) is 0 Å². The Hall–Kier alpha value is -3.15. The second kappa shape index (κ2) is 8.29. The Labute approximate surface area is 152 Å². The fourth-order valence-corrected chi connectivity index (χ4v) is 2.59. The zero-order valence-electron chi connectivity index (χ0n) is 14.8. The second-order valence-corrected chi connectivity index (χ2v) is 6.00. The smallest absolute Gasteiger partial charge is 0.262 e. The molecule has 0 saturated heterocycles. The molecule has 6 heteroatoms. The maximum absolute atomic E-state index is 12.2. The SMILES string of the molecule is CCC(C)c1ccccc1NC(=O)COc1ccc(-c2nnco2)cc1. The van der Waals surface area contributed by atoms with Crippen molar-refractivity contribution in [1.82, 2.24) is 10.2 Å². The van der Waals surface area contributed by atoms with Gasteiger partial charge < -0.3 is 14.5 Å². The predicted octanol–water partition coefficient (Wildman–Crippen LogP) is 4.27. The zero-order chi connectivity index (χ0) is 18.4. The molecule has 1 amide bonds. The molecule has 134 valence electrons. The Balaban J connectivity index is 1.58. The number of nitrogens with one attached hydrogen (secondary N) is 1. The van der Waals surface area contributed by atoms with E-state index in [1.165, 1.54) is 6.39 Å². The van der Waals surface area contributed by atoms with E-state index in [0.717, 1.165) is 23.2 Å². The Bertz CT molecular complexity index is 845. The first kappa shape index (κ1) is 17.7. The van der Waals surface area contributed by atoms with Crippen LogP contribution in [-0.2, 0) is 4.79 Å². The molecule has 1 atom stereocenters. The van der Waals surface area contributed by atoms with E-state index < -0.39 is 0 Å². The Morgan fingerprint density at radius 2 is 1.96 bits per heavy atom. The Kier molecular flexibility index (Phi) is 5.63. The van der Waals surface area contributed by atoms with Crippen LogP contribution in [0.5, 0.6) is 5.75 Å². The van der Waals surface area contributed by atoms with E-state index in [0.29, 0.717) is 17.6 Å². The van der Waals surface area contributed by atoms with Gasteiger partial charge in [0.15, 0.2) is 6.61 Å². The number of nitrogens with zero attached hydrogens (tertiary/aromatic N) is 2. The number of para-hydroxylation sites is 1. The minimum atomic E-state index is -0.193. The third kappa shape index (κ3) is 4.27. The lowest BCUT2D eigenvalue weighted by Gasteiger charge is -2.15. The van der Waals surface area contributed by atoms with Crippen LogP contribution < -0.4 is 10.1 Å². The van der Waals surface area contributed by atoms with Gasteiger partial charge in [0.2, 0.25) is 12.3 Å². The third-order valence-corrected chi connectivity index (χ3v) is 4.21. The molecular formula is C20H21N3O3. The highest BCUT2D eigenvalue weighted by Gasteiger charge is 2.11. The van der Waals surface area contributed by atoms with E-state index in [9.17, 15) is 4.79 Å². The van der Waals surface area contributed by atoms with Crippen LogP contribution in [0.2, 0.25) is 0 Å². The molecule has 26 heavy (non-hydrogen) atoms. The van der Waals surface area contributed by atoms with E-state index >= 15 is 0 Å². The van der Waals surface area contributed by atoms with Gasteiger partial charge in [0.25, 0.3) is 5.91 Å². The molecule has 0 fully saturated rings. The van der Waals surface area contributed by atoms with Crippen LogP contribution in [0.1, 0.15) is 31.7 Å². The normalized spacial score (nSPS) is 11.8. The highest BCUT2D eigenvalue weighted by atomic mass is 16.5. The molecular weight excluding hydrogens is 330 g/mol. The molecule has 0 radical (unpaired) electrons. The summed E-state index contributed by atoms with van der Waals surface area (Å²) in [5.74, 6) is 1.22. The van der Waals surface area contributed by atoms with Gasteiger partial charge in [-0.25, -0.2) is 0 Å². The quantitative estimate of drug-likeness (QED) is 0.688. The first-order valence-corrected chi connectivity index (χ1v) is 8.55. The minimum Gasteiger partial charge on any atom is -0.484 e. The van der Waals surface area contributed by atoms with E-state index in [1.54, 1.807) is 24.3 Å². The topological polar surface area (TPSA) is 77.2 Å². The van der Waals surface area contributed by atoms with Crippen LogP contribution in [0.25, 0.3) is 11.5 Å². The van der Waals surface area contributed by atoms with Crippen LogP contribution in [0, 0.1) is 0 Å². The number of carbonyl (C=O) groups excluding carboxylic acids is 1. The third-order valence-electron chi connectivity index (χ3n) is 4.21. The number of hydrogen-bond acceptors (Lipinski definition) is 5. The Morgan fingerprint density at radius 3 is 2.65 bits per heavy atom. The number of ether oxygens (including phenoxy) is 1. The standard InChI is InChI=1S/C20H21N3O3/c1-3-14(2)17-6-4-5-7-18(17)22-19(24)12-25-16-10-8-15(9-11-16)20-23-21-13-26-20/h4-11,13-14H,3,12H2,1-2H3,(H,22,24).